The predicted molar refractivity (Wildman–Crippen MR) is 42.7 cm³/mol. The Bertz CT molecular complexity index is 298. The Morgan fingerprint density at radius 2 is 2.00 bits per heavy atom. The molecule has 1 aromatic rings. The van der Waals surface area contributed by atoms with Gasteiger partial charge in [-0.25, -0.2) is 0 Å². The van der Waals surface area contributed by atoms with Crippen LogP contribution in [-0.4, -0.2) is 16.2 Å². The lowest BCUT2D eigenvalue weighted by Crippen LogP contribution is -2.20. The van der Waals surface area contributed by atoms with Crippen molar-refractivity contribution < 1.29 is 15.0 Å². The van der Waals surface area contributed by atoms with Crippen LogP contribution in [0.3, 0.4) is 0 Å². The van der Waals surface area contributed by atoms with Crippen LogP contribution in [-0.2, 0) is 4.79 Å². The van der Waals surface area contributed by atoms with Crippen molar-refractivity contribution >= 4 is 5.97 Å². The maximum atomic E-state index is 10.4. The molecule has 4 heteroatoms. The molecule has 0 fully saturated rings. The fourth-order valence-electron chi connectivity index (χ4n) is 0.884. The molecule has 4 nitrogen and oxygen atoms in total. The summed E-state index contributed by atoms with van der Waals surface area (Å²) in [6.07, 6.45) is 0. The SMILES string of the molecule is N[C@H](C(=O)O)c1ccccc1O. The van der Waals surface area contributed by atoms with Crippen molar-refractivity contribution in [3.8, 4) is 5.75 Å². The second-order valence-electron chi connectivity index (χ2n) is 2.37. The van der Waals surface area contributed by atoms with Gasteiger partial charge in [-0.05, 0) is 6.07 Å². The Morgan fingerprint density at radius 3 is 2.50 bits per heavy atom. The maximum absolute atomic E-state index is 10.4. The van der Waals surface area contributed by atoms with Crippen molar-refractivity contribution in [2.45, 2.75) is 6.04 Å². The van der Waals surface area contributed by atoms with Crippen molar-refractivity contribution in [1.82, 2.24) is 0 Å². The molecule has 4 N–H and O–H groups in total. The second kappa shape index (κ2) is 3.23. The lowest BCUT2D eigenvalue weighted by molar-refractivity contribution is -0.138. The highest BCUT2D eigenvalue weighted by Crippen LogP contribution is 2.21. The van der Waals surface area contributed by atoms with Crippen LogP contribution in [0.2, 0.25) is 0 Å². The molecule has 1 atom stereocenters. The third-order valence-electron chi connectivity index (χ3n) is 1.54. The molecule has 0 spiro atoms. The van der Waals surface area contributed by atoms with E-state index >= 15 is 0 Å². The lowest BCUT2D eigenvalue weighted by atomic mass is 10.1. The third-order valence-corrected chi connectivity index (χ3v) is 1.54. The molecule has 1 aromatic carbocycles. The van der Waals surface area contributed by atoms with E-state index in [1.807, 2.05) is 0 Å². The van der Waals surface area contributed by atoms with Gasteiger partial charge in [0.25, 0.3) is 0 Å². The molecule has 64 valence electrons. The molecule has 0 saturated heterocycles. The number of benzene rings is 1. The van der Waals surface area contributed by atoms with E-state index in [0.29, 0.717) is 0 Å². The van der Waals surface area contributed by atoms with Crippen molar-refractivity contribution in [2.24, 2.45) is 5.73 Å². The quantitative estimate of drug-likeness (QED) is 0.598. The number of hydrogen-bond donors (Lipinski definition) is 3. The number of carboxylic acid groups (broad SMARTS) is 1. The van der Waals surface area contributed by atoms with Crippen LogP contribution in [0.15, 0.2) is 24.3 Å². The van der Waals surface area contributed by atoms with Crippen molar-refractivity contribution in [3.05, 3.63) is 29.8 Å². The van der Waals surface area contributed by atoms with Gasteiger partial charge in [-0.2, -0.15) is 0 Å². The Labute approximate surface area is 69.3 Å². The normalized spacial score (nSPS) is 12.4. The number of rotatable bonds is 2. The fraction of sp³-hybridized carbons (Fsp3) is 0.125. The first-order valence-corrected chi connectivity index (χ1v) is 3.39. The van der Waals surface area contributed by atoms with E-state index in [-0.39, 0.29) is 11.3 Å². The summed E-state index contributed by atoms with van der Waals surface area (Å²) in [6, 6.07) is 4.95. The third kappa shape index (κ3) is 1.54. The van der Waals surface area contributed by atoms with Crippen LogP contribution in [0.1, 0.15) is 11.6 Å². The number of nitrogens with two attached hydrogens (primary N) is 1. The summed E-state index contributed by atoms with van der Waals surface area (Å²) in [6.45, 7) is 0. The van der Waals surface area contributed by atoms with Gasteiger partial charge in [-0.3, -0.25) is 4.79 Å². The average Bonchev–Trinajstić information content (AvgIpc) is 2.04. The van der Waals surface area contributed by atoms with Gasteiger partial charge in [0, 0.05) is 5.56 Å². The van der Waals surface area contributed by atoms with Gasteiger partial charge < -0.3 is 15.9 Å². The zero-order valence-corrected chi connectivity index (χ0v) is 6.27. The number of phenols is 1. The standard InChI is InChI=1S/C8H9NO3/c9-7(8(11)12)5-3-1-2-4-6(5)10/h1-4,7,10H,9H2,(H,11,12)/t7-/m0/s1. The highest BCUT2D eigenvalue weighted by atomic mass is 16.4. The van der Waals surface area contributed by atoms with E-state index in [1.165, 1.54) is 12.1 Å². The summed E-state index contributed by atoms with van der Waals surface area (Å²) in [4.78, 5) is 10.4. The molecule has 12 heavy (non-hydrogen) atoms. The minimum Gasteiger partial charge on any atom is -0.508 e. The predicted octanol–water partition coefficient (Wildman–Crippen LogP) is 0.477. The van der Waals surface area contributed by atoms with Crippen LogP contribution < -0.4 is 5.73 Å². The fourth-order valence-corrected chi connectivity index (χ4v) is 0.884. The molecule has 0 bridgehead atoms. The molecule has 0 aromatic heterocycles. The van der Waals surface area contributed by atoms with Crippen LogP contribution in [0.4, 0.5) is 0 Å². The number of para-hydroxylation sites is 1. The van der Waals surface area contributed by atoms with Crippen molar-refractivity contribution in [1.29, 1.82) is 0 Å². The number of phenolic OH excluding ortho intramolecular Hbond substituents is 1. The molecular weight excluding hydrogens is 158 g/mol. The van der Waals surface area contributed by atoms with E-state index in [1.54, 1.807) is 12.1 Å². The highest BCUT2D eigenvalue weighted by Gasteiger charge is 2.16. The molecule has 0 aliphatic rings. The molecule has 0 radical (unpaired) electrons. The summed E-state index contributed by atoms with van der Waals surface area (Å²) in [7, 11) is 0. The molecule has 1 rings (SSSR count). The summed E-state index contributed by atoms with van der Waals surface area (Å²) in [5.74, 6) is -1.25. The smallest absolute Gasteiger partial charge is 0.325 e. The molecule has 0 aliphatic heterocycles. The first-order chi connectivity index (χ1) is 5.63. The minimum atomic E-state index is -1.16. The number of aliphatic carboxylic acids is 1. The Hall–Kier alpha value is -1.55. The van der Waals surface area contributed by atoms with Crippen LogP contribution >= 0.6 is 0 Å². The second-order valence-corrected chi connectivity index (χ2v) is 2.37. The number of hydrogen-bond acceptors (Lipinski definition) is 3. The lowest BCUT2D eigenvalue weighted by Gasteiger charge is -2.07. The van der Waals surface area contributed by atoms with Crippen LogP contribution in [0.5, 0.6) is 5.75 Å². The Kier molecular flexibility index (Phi) is 2.30. The summed E-state index contributed by atoms with van der Waals surface area (Å²) in [5, 5.41) is 17.7. The topological polar surface area (TPSA) is 83.6 Å². The van der Waals surface area contributed by atoms with Gasteiger partial charge in [-0.1, -0.05) is 18.2 Å². The first kappa shape index (κ1) is 8.55. The van der Waals surface area contributed by atoms with E-state index in [2.05, 4.69) is 0 Å². The maximum Gasteiger partial charge on any atom is 0.325 e. The monoisotopic (exact) mass is 167 g/mol. The first-order valence-electron chi connectivity index (χ1n) is 3.39. The van der Waals surface area contributed by atoms with Gasteiger partial charge in [-0.15, -0.1) is 0 Å². The molecule has 0 amide bonds. The zero-order chi connectivity index (χ0) is 9.14. The van der Waals surface area contributed by atoms with Crippen molar-refractivity contribution in [2.75, 3.05) is 0 Å². The Morgan fingerprint density at radius 1 is 1.42 bits per heavy atom. The van der Waals surface area contributed by atoms with Gasteiger partial charge in [0.1, 0.15) is 11.8 Å². The average molecular weight is 167 g/mol. The highest BCUT2D eigenvalue weighted by molar-refractivity contribution is 5.76. The van der Waals surface area contributed by atoms with Crippen LogP contribution in [0, 0.1) is 0 Å². The summed E-state index contributed by atoms with van der Waals surface area (Å²) in [5.41, 5.74) is 5.51. The van der Waals surface area contributed by atoms with Gasteiger partial charge in [0.15, 0.2) is 0 Å². The molecule has 0 saturated carbocycles. The van der Waals surface area contributed by atoms with E-state index in [4.69, 9.17) is 10.8 Å². The summed E-state index contributed by atoms with van der Waals surface area (Å²) < 4.78 is 0. The summed E-state index contributed by atoms with van der Waals surface area (Å²) >= 11 is 0. The van der Waals surface area contributed by atoms with Crippen molar-refractivity contribution in [3.63, 3.8) is 0 Å². The van der Waals surface area contributed by atoms with Gasteiger partial charge in [0.2, 0.25) is 0 Å². The molecule has 0 aliphatic carbocycles. The molecule has 0 unspecified atom stereocenters. The number of carbonyl (C=O) groups is 1. The van der Waals surface area contributed by atoms with E-state index in [9.17, 15) is 9.90 Å². The largest absolute Gasteiger partial charge is 0.508 e. The molecule has 0 heterocycles. The molecular formula is C8H9NO3. The number of carboxylic acids is 1. The number of aromatic hydroxyl groups is 1. The van der Waals surface area contributed by atoms with E-state index in [0.717, 1.165) is 0 Å². The zero-order valence-electron chi connectivity index (χ0n) is 6.27. The minimum absolute atomic E-state index is 0.0904. The van der Waals surface area contributed by atoms with Gasteiger partial charge >= 0.3 is 5.97 Å². The van der Waals surface area contributed by atoms with Gasteiger partial charge in [0.05, 0.1) is 0 Å². The Balaban J connectivity index is 3.02. The van der Waals surface area contributed by atoms with Crippen LogP contribution in [0.25, 0.3) is 0 Å². The van der Waals surface area contributed by atoms with E-state index < -0.39 is 12.0 Å².